The molecular weight excluding hydrogens is 539 g/mol. The lowest BCUT2D eigenvalue weighted by atomic mass is 10.1. The Hall–Kier alpha value is -4.62. The highest BCUT2D eigenvalue weighted by Crippen LogP contribution is 2.26. The van der Waals surface area contributed by atoms with Crippen LogP contribution in [0.3, 0.4) is 0 Å². The number of para-hydroxylation sites is 1. The number of benzene rings is 3. The maximum Gasteiger partial charge on any atom is 0.471 e. The van der Waals surface area contributed by atoms with E-state index in [4.69, 9.17) is 14.2 Å². The number of nitrogens with one attached hydrogen (secondary N) is 1. The predicted octanol–water partition coefficient (Wildman–Crippen LogP) is 5.40. The first-order valence-corrected chi connectivity index (χ1v) is 12.7. The molecule has 0 bridgehead atoms. The van der Waals surface area contributed by atoms with Crippen LogP contribution in [0.5, 0.6) is 0 Å². The number of ether oxygens (including phenoxy) is 3. The van der Waals surface area contributed by atoms with Gasteiger partial charge in [-0.2, -0.15) is 13.2 Å². The summed E-state index contributed by atoms with van der Waals surface area (Å²) in [4.78, 5) is 36.8. The molecule has 3 atom stereocenters. The van der Waals surface area contributed by atoms with Crippen LogP contribution in [0.25, 0.3) is 0 Å². The van der Waals surface area contributed by atoms with Crippen molar-refractivity contribution in [3.63, 3.8) is 0 Å². The molecule has 0 aromatic heterocycles. The number of alkyl halides is 3. The van der Waals surface area contributed by atoms with Crippen molar-refractivity contribution in [1.29, 1.82) is 0 Å². The summed E-state index contributed by atoms with van der Waals surface area (Å²) in [6, 6.07) is 19.4. The number of anilines is 1. The molecule has 3 aromatic rings. The first-order chi connectivity index (χ1) is 19.5. The standard InChI is InChI=1S/C31H26F3NO6/c1-19-7-11-22(12-8-19)28(36)39-18-27-26(41-29(37)23-13-9-20(2)10-14-23)17-24(40-27)16-15-21-5-3-4-6-25(21)35-30(38)31(32,33)34/h3-14,24,26-27H,17-18H2,1-2H3,(H,35,38)/t24-,26+,27-/m1/s1. The lowest BCUT2D eigenvalue weighted by molar-refractivity contribution is -0.167. The molecular formula is C31H26F3NO6. The highest BCUT2D eigenvalue weighted by atomic mass is 19.4. The Morgan fingerprint density at radius 1 is 0.902 bits per heavy atom. The van der Waals surface area contributed by atoms with Crippen molar-refractivity contribution in [1.82, 2.24) is 0 Å². The molecule has 41 heavy (non-hydrogen) atoms. The average molecular weight is 566 g/mol. The normalized spacial score (nSPS) is 18.1. The Morgan fingerprint density at radius 3 is 2.10 bits per heavy atom. The minimum atomic E-state index is -5.06. The number of carbonyl (C=O) groups excluding carboxylic acids is 3. The van der Waals surface area contributed by atoms with Crippen LogP contribution in [-0.2, 0) is 19.0 Å². The van der Waals surface area contributed by atoms with Crippen molar-refractivity contribution in [3.05, 3.63) is 101 Å². The van der Waals surface area contributed by atoms with Crippen LogP contribution in [0.1, 0.15) is 43.8 Å². The molecule has 3 aromatic carbocycles. The van der Waals surface area contributed by atoms with E-state index in [2.05, 4.69) is 11.8 Å². The van der Waals surface area contributed by atoms with E-state index in [0.29, 0.717) is 11.1 Å². The molecule has 10 heteroatoms. The number of hydrogen-bond donors (Lipinski definition) is 1. The predicted molar refractivity (Wildman–Crippen MR) is 143 cm³/mol. The number of halogens is 3. The number of rotatable bonds is 6. The topological polar surface area (TPSA) is 90.9 Å². The van der Waals surface area contributed by atoms with E-state index in [0.717, 1.165) is 11.1 Å². The van der Waals surface area contributed by atoms with E-state index in [9.17, 15) is 27.6 Å². The molecule has 0 radical (unpaired) electrons. The van der Waals surface area contributed by atoms with Crippen LogP contribution in [0.4, 0.5) is 18.9 Å². The van der Waals surface area contributed by atoms with Crippen molar-refractivity contribution in [3.8, 4) is 11.8 Å². The lowest BCUT2D eigenvalue weighted by Gasteiger charge is -2.19. The Kier molecular flexibility index (Phi) is 9.10. The average Bonchev–Trinajstić information content (AvgIpc) is 3.32. The summed E-state index contributed by atoms with van der Waals surface area (Å²) in [5.41, 5.74) is 2.63. The molecule has 1 N–H and O–H groups in total. The highest BCUT2D eigenvalue weighted by Gasteiger charge is 2.40. The van der Waals surface area contributed by atoms with Gasteiger partial charge < -0.3 is 19.5 Å². The summed E-state index contributed by atoms with van der Waals surface area (Å²) in [5, 5.41) is 1.81. The summed E-state index contributed by atoms with van der Waals surface area (Å²) in [6.07, 6.45) is -7.42. The first kappa shape index (κ1) is 29.4. The van der Waals surface area contributed by atoms with Crippen molar-refractivity contribution < 1.29 is 41.8 Å². The van der Waals surface area contributed by atoms with E-state index in [1.165, 1.54) is 18.2 Å². The number of hydrogen-bond acceptors (Lipinski definition) is 6. The van der Waals surface area contributed by atoms with Gasteiger partial charge in [-0.25, -0.2) is 9.59 Å². The smallest absolute Gasteiger partial charge is 0.459 e. The Labute approximate surface area is 234 Å². The van der Waals surface area contributed by atoms with Crippen LogP contribution in [0.15, 0.2) is 72.8 Å². The third kappa shape index (κ3) is 7.96. The molecule has 0 aliphatic carbocycles. The second-order valence-corrected chi connectivity index (χ2v) is 9.44. The fourth-order valence-electron chi connectivity index (χ4n) is 3.96. The van der Waals surface area contributed by atoms with Crippen LogP contribution in [0.2, 0.25) is 0 Å². The second-order valence-electron chi connectivity index (χ2n) is 9.44. The molecule has 0 spiro atoms. The monoisotopic (exact) mass is 565 g/mol. The minimum absolute atomic E-state index is 0.119. The molecule has 212 valence electrons. The van der Waals surface area contributed by atoms with Crippen LogP contribution < -0.4 is 5.32 Å². The third-order valence-electron chi connectivity index (χ3n) is 6.21. The van der Waals surface area contributed by atoms with E-state index in [1.54, 1.807) is 54.6 Å². The number of amides is 1. The summed E-state index contributed by atoms with van der Waals surface area (Å²) >= 11 is 0. The number of aryl methyl sites for hydroxylation is 2. The molecule has 1 aliphatic rings. The summed E-state index contributed by atoms with van der Waals surface area (Å²) in [5.74, 6) is 2.25. The van der Waals surface area contributed by atoms with Gasteiger partial charge in [0, 0.05) is 12.0 Å². The number of carbonyl (C=O) groups is 3. The lowest BCUT2D eigenvalue weighted by Crippen LogP contribution is -2.32. The van der Waals surface area contributed by atoms with Gasteiger partial charge in [0.1, 0.15) is 24.9 Å². The highest BCUT2D eigenvalue weighted by molar-refractivity contribution is 5.96. The number of esters is 2. The first-order valence-electron chi connectivity index (χ1n) is 12.7. The van der Waals surface area contributed by atoms with Crippen molar-refractivity contribution in [2.45, 2.75) is 44.8 Å². The van der Waals surface area contributed by atoms with Gasteiger partial charge >= 0.3 is 24.0 Å². The maximum atomic E-state index is 12.8. The van der Waals surface area contributed by atoms with Crippen LogP contribution in [0, 0.1) is 25.7 Å². The summed E-state index contributed by atoms with van der Waals surface area (Å²) < 4.78 is 55.3. The van der Waals surface area contributed by atoms with Gasteiger partial charge in [-0.1, -0.05) is 59.4 Å². The zero-order valence-corrected chi connectivity index (χ0v) is 22.2. The summed E-state index contributed by atoms with van der Waals surface area (Å²) in [6.45, 7) is 3.54. The van der Waals surface area contributed by atoms with E-state index in [1.807, 2.05) is 19.2 Å². The molecule has 1 amide bonds. The van der Waals surface area contributed by atoms with Crippen molar-refractivity contribution in [2.75, 3.05) is 11.9 Å². The molecule has 1 saturated heterocycles. The van der Waals surface area contributed by atoms with Gasteiger partial charge in [0.2, 0.25) is 0 Å². The molecule has 4 rings (SSSR count). The Bertz CT molecular complexity index is 1470. The molecule has 1 heterocycles. The fraction of sp³-hybridized carbons (Fsp3) is 0.258. The SMILES string of the molecule is Cc1ccc(C(=O)OC[C@H]2O[C@H](C#Cc3ccccc3NC(=O)C(F)(F)F)C[C@@H]2OC(=O)c2ccc(C)cc2)cc1. The fourth-order valence-corrected chi connectivity index (χ4v) is 3.96. The molecule has 1 fully saturated rings. The van der Waals surface area contributed by atoms with Gasteiger partial charge in [-0.3, -0.25) is 4.79 Å². The van der Waals surface area contributed by atoms with E-state index in [-0.39, 0.29) is 24.3 Å². The second kappa shape index (κ2) is 12.7. The Morgan fingerprint density at radius 2 is 1.49 bits per heavy atom. The quantitative estimate of drug-likeness (QED) is 0.318. The zero-order chi connectivity index (χ0) is 29.6. The van der Waals surface area contributed by atoms with Gasteiger partial charge in [0.15, 0.2) is 0 Å². The third-order valence-corrected chi connectivity index (χ3v) is 6.21. The van der Waals surface area contributed by atoms with Crippen LogP contribution >= 0.6 is 0 Å². The largest absolute Gasteiger partial charge is 0.471 e. The maximum absolute atomic E-state index is 12.8. The Balaban J connectivity index is 1.50. The molecule has 0 saturated carbocycles. The van der Waals surface area contributed by atoms with Gasteiger partial charge in [0.25, 0.3) is 0 Å². The minimum Gasteiger partial charge on any atom is -0.459 e. The van der Waals surface area contributed by atoms with Gasteiger partial charge in [-0.15, -0.1) is 0 Å². The van der Waals surface area contributed by atoms with Crippen molar-refractivity contribution >= 4 is 23.5 Å². The van der Waals surface area contributed by atoms with Gasteiger partial charge in [-0.05, 0) is 50.2 Å². The summed E-state index contributed by atoms with van der Waals surface area (Å²) in [7, 11) is 0. The van der Waals surface area contributed by atoms with E-state index >= 15 is 0 Å². The molecule has 7 nitrogen and oxygen atoms in total. The van der Waals surface area contributed by atoms with Gasteiger partial charge in [0.05, 0.1) is 16.8 Å². The van der Waals surface area contributed by atoms with E-state index < -0.39 is 42.3 Å². The molecule has 1 aliphatic heterocycles. The van der Waals surface area contributed by atoms with Crippen molar-refractivity contribution in [2.24, 2.45) is 0 Å². The zero-order valence-electron chi connectivity index (χ0n) is 22.2. The molecule has 0 unspecified atom stereocenters. The van der Waals surface area contributed by atoms with Crippen LogP contribution in [-0.4, -0.2) is 48.9 Å².